The van der Waals surface area contributed by atoms with Gasteiger partial charge in [-0.2, -0.15) is 5.26 Å². The van der Waals surface area contributed by atoms with Crippen LogP contribution in [0.15, 0.2) is 18.3 Å². The zero-order valence-corrected chi connectivity index (χ0v) is 8.32. The van der Waals surface area contributed by atoms with Crippen LogP contribution in [-0.2, 0) is 4.74 Å². The zero-order valence-electron chi connectivity index (χ0n) is 8.32. The molecule has 1 aromatic rings. The average Bonchev–Trinajstić information content (AvgIpc) is 2.19. The quantitative estimate of drug-likeness (QED) is 0.781. The van der Waals surface area contributed by atoms with Crippen LogP contribution in [0.5, 0.6) is 0 Å². The number of hydrogen-bond donors (Lipinski definition) is 1. The molecule has 1 atom stereocenters. The van der Waals surface area contributed by atoms with Crippen LogP contribution in [0.2, 0.25) is 0 Å². The Labute approximate surface area is 83.5 Å². The van der Waals surface area contributed by atoms with Gasteiger partial charge in [-0.05, 0) is 19.1 Å². The van der Waals surface area contributed by atoms with Crippen LogP contribution in [0.3, 0.4) is 0 Å². The molecule has 4 nitrogen and oxygen atoms in total. The van der Waals surface area contributed by atoms with Crippen LogP contribution >= 0.6 is 0 Å². The molecular weight excluding hydrogens is 178 g/mol. The molecule has 0 aliphatic rings. The largest absolute Gasteiger partial charge is 0.383 e. The summed E-state index contributed by atoms with van der Waals surface area (Å²) in [5.41, 5.74) is 0.565. The molecule has 0 fully saturated rings. The smallest absolute Gasteiger partial charge is 0.126 e. The Hall–Kier alpha value is -1.60. The van der Waals surface area contributed by atoms with Gasteiger partial charge in [0, 0.05) is 19.3 Å². The first-order valence-corrected chi connectivity index (χ1v) is 4.38. The van der Waals surface area contributed by atoms with E-state index in [0.29, 0.717) is 12.2 Å². The third kappa shape index (κ3) is 3.04. The van der Waals surface area contributed by atoms with Crippen molar-refractivity contribution in [3.63, 3.8) is 0 Å². The predicted octanol–water partition coefficient (Wildman–Crippen LogP) is 1.40. The lowest BCUT2D eigenvalue weighted by molar-refractivity contribution is 0.190. The summed E-state index contributed by atoms with van der Waals surface area (Å²) >= 11 is 0. The highest BCUT2D eigenvalue weighted by Gasteiger charge is 2.01. The number of ether oxygens (including phenoxy) is 1. The molecule has 0 amide bonds. The molecule has 1 unspecified atom stereocenters. The Morgan fingerprint density at radius 3 is 2.93 bits per heavy atom. The van der Waals surface area contributed by atoms with Crippen molar-refractivity contribution in [2.45, 2.75) is 13.0 Å². The molecule has 0 saturated heterocycles. The highest BCUT2D eigenvalue weighted by molar-refractivity contribution is 5.39. The first kappa shape index (κ1) is 10.5. The number of anilines is 1. The summed E-state index contributed by atoms with van der Waals surface area (Å²) in [5.74, 6) is 0.758. The number of rotatable bonds is 4. The van der Waals surface area contributed by atoms with Gasteiger partial charge < -0.3 is 10.1 Å². The fourth-order valence-corrected chi connectivity index (χ4v) is 1.09. The second-order valence-corrected chi connectivity index (χ2v) is 3.04. The van der Waals surface area contributed by atoms with E-state index in [9.17, 15) is 0 Å². The van der Waals surface area contributed by atoms with E-state index in [0.717, 1.165) is 5.82 Å². The Balaban J connectivity index is 2.56. The number of pyridine rings is 1. The summed E-state index contributed by atoms with van der Waals surface area (Å²) < 4.78 is 4.98. The highest BCUT2D eigenvalue weighted by Crippen LogP contribution is 2.05. The summed E-state index contributed by atoms with van der Waals surface area (Å²) in [4.78, 5) is 4.08. The molecule has 74 valence electrons. The van der Waals surface area contributed by atoms with Gasteiger partial charge in [-0.1, -0.05) is 0 Å². The van der Waals surface area contributed by atoms with Crippen molar-refractivity contribution < 1.29 is 4.74 Å². The van der Waals surface area contributed by atoms with E-state index >= 15 is 0 Å². The van der Waals surface area contributed by atoms with Crippen LogP contribution < -0.4 is 5.32 Å². The molecule has 0 radical (unpaired) electrons. The van der Waals surface area contributed by atoms with Crippen LogP contribution in [0.1, 0.15) is 12.5 Å². The van der Waals surface area contributed by atoms with Gasteiger partial charge in [0.25, 0.3) is 0 Å². The van der Waals surface area contributed by atoms with Crippen molar-refractivity contribution in [2.75, 3.05) is 19.0 Å². The van der Waals surface area contributed by atoms with Crippen molar-refractivity contribution >= 4 is 5.82 Å². The van der Waals surface area contributed by atoms with E-state index < -0.39 is 0 Å². The van der Waals surface area contributed by atoms with Crippen LogP contribution in [0, 0.1) is 11.3 Å². The second kappa shape index (κ2) is 5.20. The molecule has 0 aliphatic heterocycles. The highest BCUT2D eigenvalue weighted by atomic mass is 16.5. The lowest BCUT2D eigenvalue weighted by atomic mass is 10.3. The van der Waals surface area contributed by atoms with E-state index in [4.69, 9.17) is 10.00 Å². The normalized spacial score (nSPS) is 11.8. The molecule has 1 heterocycles. The SMILES string of the molecule is COCC(C)Nc1ccc(C#N)cn1. The monoisotopic (exact) mass is 191 g/mol. The Morgan fingerprint density at radius 1 is 1.64 bits per heavy atom. The Bertz CT molecular complexity index is 315. The van der Waals surface area contributed by atoms with Gasteiger partial charge in [0.05, 0.1) is 12.2 Å². The van der Waals surface area contributed by atoms with Gasteiger partial charge in [0.1, 0.15) is 11.9 Å². The standard InChI is InChI=1S/C10H13N3O/c1-8(7-14-2)13-10-4-3-9(5-11)6-12-10/h3-4,6,8H,7H2,1-2H3,(H,12,13). The van der Waals surface area contributed by atoms with Crippen LogP contribution in [0.25, 0.3) is 0 Å². The molecule has 0 spiro atoms. The van der Waals surface area contributed by atoms with E-state index in [1.807, 2.05) is 13.0 Å². The molecule has 1 rings (SSSR count). The minimum Gasteiger partial charge on any atom is -0.383 e. The molecule has 14 heavy (non-hydrogen) atoms. The third-order valence-electron chi connectivity index (χ3n) is 1.70. The average molecular weight is 191 g/mol. The number of hydrogen-bond acceptors (Lipinski definition) is 4. The first-order chi connectivity index (χ1) is 6.76. The molecule has 0 aliphatic carbocycles. The predicted molar refractivity (Wildman–Crippen MR) is 53.9 cm³/mol. The summed E-state index contributed by atoms with van der Waals surface area (Å²) in [6.45, 7) is 2.63. The topological polar surface area (TPSA) is 57.9 Å². The van der Waals surface area contributed by atoms with Crippen molar-refractivity contribution in [1.82, 2.24) is 4.98 Å². The first-order valence-electron chi connectivity index (χ1n) is 4.38. The Kier molecular flexibility index (Phi) is 3.89. The van der Waals surface area contributed by atoms with E-state index in [1.54, 1.807) is 25.4 Å². The fourth-order valence-electron chi connectivity index (χ4n) is 1.09. The summed E-state index contributed by atoms with van der Waals surface area (Å²) in [6.07, 6.45) is 1.54. The second-order valence-electron chi connectivity index (χ2n) is 3.04. The molecule has 0 bridgehead atoms. The van der Waals surface area contributed by atoms with Gasteiger partial charge in [-0.3, -0.25) is 0 Å². The lowest BCUT2D eigenvalue weighted by Gasteiger charge is -2.12. The van der Waals surface area contributed by atoms with Gasteiger partial charge in [0.15, 0.2) is 0 Å². The maximum atomic E-state index is 8.56. The van der Waals surface area contributed by atoms with Crippen molar-refractivity contribution in [3.8, 4) is 6.07 Å². The number of nitrogens with zero attached hydrogens (tertiary/aromatic N) is 2. The van der Waals surface area contributed by atoms with Crippen LogP contribution in [0.4, 0.5) is 5.82 Å². The van der Waals surface area contributed by atoms with Gasteiger partial charge >= 0.3 is 0 Å². The minimum atomic E-state index is 0.209. The fraction of sp³-hybridized carbons (Fsp3) is 0.400. The number of methoxy groups -OCH3 is 1. The Morgan fingerprint density at radius 2 is 2.43 bits per heavy atom. The van der Waals surface area contributed by atoms with Crippen molar-refractivity contribution in [1.29, 1.82) is 5.26 Å². The maximum Gasteiger partial charge on any atom is 0.126 e. The summed E-state index contributed by atoms with van der Waals surface area (Å²) in [7, 11) is 1.66. The van der Waals surface area contributed by atoms with Crippen molar-refractivity contribution in [2.24, 2.45) is 0 Å². The zero-order chi connectivity index (χ0) is 10.4. The number of nitriles is 1. The number of aromatic nitrogens is 1. The molecule has 4 heteroatoms. The van der Waals surface area contributed by atoms with Gasteiger partial charge in [-0.25, -0.2) is 4.98 Å². The van der Waals surface area contributed by atoms with Gasteiger partial charge in [0.2, 0.25) is 0 Å². The van der Waals surface area contributed by atoms with Crippen molar-refractivity contribution in [3.05, 3.63) is 23.9 Å². The van der Waals surface area contributed by atoms with Crippen LogP contribution in [-0.4, -0.2) is 24.7 Å². The van der Waals surface area contributed by atoms with E-state index in [-0.39, 0.29) is 6.04 Å². The number of nitrogens with one attached hydrogen (secondary N) is 1. The molecule has 0 saturated carbocycles. The summed E-state index contributed by atoms with van der Waals surface area (Å²) in [5, 5.41) is 11.7. The van der Waals surface area contributed by atoms with E-state index in [1.165, 1.54) is 0 Å². The third-order valence-corrected chi connectivity index (χ3v) is 1.70. The summed E-state index contributed by atoms with van der Waals surface area (Å²) in [6, 6.07) is 5.74. The molecule has 0 aromatic carbocycles. The minimum absolute atomic E-state index is 0.209. The van der Waals surface area contributed by atoms with E-state index in [2.05, 4.69) is 10.3 Å². The molecule has 1 N–H and O–H groups in total. The molecular formula is C10H13N3O. The molecule has 1 aromatic heterocycles. The van der Waals surface area contributed by atoms with Gasteiger partial charge in [-0.15, -0.1) is 0 Å². The maximum absolute atomic E-state index is 8.56. The lowest BCUT2D eigenvalue weighted by Crippen LogP contribution is -2.21.